The maximum atomic E-state index is 11.7. The number of hydrogen-bond donors (Lipinski definition) is 1. The fourth-order valence-electron chi connectivity index (χ4n) is 1.76. The number of imidazole rings is 1. The number of nitrogens with zero attached hydrogens (tertiary/aromatic N) is 2. The Morgan fingerprint density at radius 1 is 1.40 bits per heavy atom. The zero-order valence-corrected chi connectivity index (χ0v) is 8.52. The third-order valence-corrected chi connectivity index (χ3v) is 2.50. The van der Waals surface area contributed by atoms with Gasteiger partial charge in [0, 0.05) is 7.05 Å². The maximum Gasteiger partial charge on any atom is 0.337 e. The van der Waals surface area contributed by atoms with Gasteiger partial charge in [0.2, 0.25) is 0 Å². The molecule has 1 aromatic carbocycles. The number of carbonyl (C=O) groups is 1. The van der Waals surface area contributed by atoms with Crippen molar-refractivity contribution in [2.75, 3.05) is 0 Å². The summed E-state index contributed by atoms with van der Waals surface area (Å²) in [5.41, 5.74) is 6.90. The first-order valence-electron chi connectivity index (χ1n) is 4.51. The van der Waals surface area contributed by atoms with Crippen LogP contribution in [0.4, 0.5) is 4.79 Å². The van der Waals surface area contributed by atoms with E-state index in [1.54, 1.807) is 13.1 Å². The smallest absolute Gasteiger partial charge is 0.337 e. The van der Waals surface area contributed by atoms with Crippen LogP contribution in [0.5, 0.6) is 0 Å². The Labute approximate surface area is 85.7 Å². The van der Waals surface area contributed by atoms with Crippen LogP contribution in [0.3, 0.4) is 0 Å². The van der Waals surface area contributed by atoms with Crippen LogP contribution in [-0.4, -0.2) is 15.2 Å². The number of para-hydroxylation sites is 1. The molecule has 0 aliphatic carbocycles. The van der Waals surface area contributed by atoms with Crippen LogP contribution in [0, 0.1) is 6.92 Å². The average molecular weight is 205 g/mol. The number of carbonyl (C=O) groups excluding carboxylic acids is 1. The van der Waals surface area contributed by atoms with Crippen molar-refractivity contribution in [2.24, 2.45) is 12.8 Å². The van der Waals surface area contributed by atoms with E-state index in [2.05, 4.69) is 0 Å². The predicted molar refractivity (Wildman–Crippen MR) is 56.9 cm³/mol. The monoisotopic (exact) mass is 205 g/mol. The van der Waals surface area contributed by atoms with Crippen molar-refractivity contribution in [2.45, 2.75) is 6.92 Å². The van der Waals surface area contributed by atoms with E-state index in [4.69, 9.17) is 5.73 Å². The highest BCUT2D eigenvalue weighted by atomic mass is 16.2. The Hall–Kier alpha value is -2.04. The lowest BCUT2D eigenvalue weighted by molar-refractivity contribution is 0.250. The van der Waals surface area contributed by atoms with Gasteiger partial charge in [-0.05, 0) is 18.6 Å². The van der Waals surface area contributed by atoms with E-state index >= 15 is 0 Å². The minimum atomic E-state index is -0.750. The van der Waals surface area contributed by atoms with Gasteiger partial charge in [0.25, 0.3) is 0 Å². The molecule has 2 aromatic rings. The lowest BCUT2D eigenvalue weighted by atomic mass is 10.2. The van der Waals surface area contributed by atoms with E-state index in [1.165, 1.54) is 4.57 Å². The summed E-state index contributed by atoms with van der Waals surface area (Å²) in [4.78, 5) is 22.9. The second kappa shape index (κ2) is 2.98. The molecule has 0 aliphatic rings. The molecule has 5 heteroatoms. The van der Waals surface area contributed by atoms with Crippen molar-refractivity contribution < 1.29 is 4.79 Å². The first-order chi connectivity index (χ1) is 7.04. The number of aryl methyl sites for hydroxylation is 2. The molecule has 0 unspecified atom stereocenters. The van der Waals surface area contributed by atoms with Crippen LogP contribution in [0.1, 0.15) is 5.56 Å². The number of hydrogen-bond acceptors (Lipinski definition) is 2. The highest BCUT2D eigenvalue weighted by molar-refractivity contribution is 5.90. The van der Waals surface area contributed by atoms with Gasteiger partial charge in [-0.25, -0.2) is 14.2 Å². The molecule has 0 saturated carbocycles. The number of amides is 1. The van der Waals surface area contributed by atoms with Gasteiger partial charge in [-0.1, -0.05) is 12.1 Å². The van der Waals surface area contributed by atoms with E-state index in [-0.39, 0.29) is 0 Å². The Morgan fingerprint density at radius 3 is 2.67 bits per heavy atom. The fourth-order valence-corrected chi connectivity index (χ4v) is 1.76. The molecule has 0 atom stereocenters. The normalized spacial score (nSPS) is 10.8. The van der Waals surface area contributed by atoms with Crippen molar-refractivity contribution in [3.05, 3.63) is 34.2 Å². The molecule has 0 saturated heterocycles. The van der Waals surface area contributed by atoms with Gasteiger partial charge in [-0.2, -0.15) is 0 Å². The van der Waals surface area contributed by atoms with E-state index in [0.717, 1.165) is 10.1 Å². The van der Waals surface area contributed by atoms with Crippen LogP contribution in [0.15, 0.2) is 23.0 Å². The SMILES string of the molecule is Cc1cccc2c1n(C(N)=O)c(=O)n2C. The zero-order valence-electron chi connectivity index (χ0n) is 8.52. The second-order valence-electron chi connectivity index (χ2n) is 3.46. The molecule has 1 aromatic heterocycles. The fraction of sp³-hybridized carbons (Fsp3) is 0.200. The summed E-state index contributed by atoms with van der Waals surface area (Å²) < 4.78 is 2.40. The topological polar surface area (TPSA) is 70.0 Å². The van der Waals surface area contributed by atoms with Gasteiger partial charge in [0.1, 0.15) is 0 Å². The van der Waals surface area contributed by atoms with Crippen molar-refractivity contribution in [1.82, 2.24) is 9.13 Å². The van der Waals surface area contributed by atoms with Crippen LogP contribution >= 0.6 is 0 Å². The molecule has 0 aliphatic heterocycles. The summed E-state index contributed by atoms with van der Waals surface area (Å²) in [6, 6.07) is 4.70. The Kier molecular flexibility index (Phi) is 1.89. The third kappa shape index (κ3) is 1.16. The van der Waals surface area contributed by atoms with Crippen LogP contribution < -0.4 is 11.4 Å². The van der Waals surface area contributed by atoms with Gasteiger partial charge in [0.15, 0.2) is 0 Å². The summed E-state index contributed by atoms with van der Waals surface area (Å²) in [7, 11) is 1.61. The van der Waals surface area contributed by atoms with Gasteiger partial charge in [-0.3, -0.25) is 4.57 Å². The molecule has 5 nitrogen and oxygen atoms in total. The van der Waals surface area contributed by atoms with Crippen molar-refractivity contribution >= 4 is 17.1 Å². The van der Waals surface area contributed by atoms with E-state index in [0.29, 0.717) is 11.0 Å². The molecule has 78 valence electrons. The van der Waals surface area contributed by atoms with Gasteiger partial charge >= 0.3 is 11.7 Å². The molecule has 0 radical (unpaired) electrons. The predicted octanol–water partition coefficient (Wildman–Crippen LogP) is 0.575. The molecule has 0 bridgehead atoms. The number of aromatic nitrogens is 2. The number of nitrogens with two attached hydrogens (primary N) is 1. The highest BCUT2D eigenvalue weighted by Crippen LogP contribution is 2.15. The summed E-state index contributed by atoms with van der Waals surface area (Å²) in [5.74, 6) is 0. The van der Waals surface area contributed by atoms with Crippen molar-refractivity contribution in [3.8, 4) is 0 Å². The number of primary amides is 1. The number of rotatable bonds is 0. The van der Waals surface area contributed by atoms with Crippen molar-refractivity contribution in [3.63, 3.8) is 0 Å². The summed E-state index contributed by atoms with van der Waals surface area (Å²) >= 11 is 0. The van der Waals surface area contributed by atoms with Gasteiger partial charge in [-0.15, -0.1) is 0 Å². The molecule has 0 spiro atoms. The molecular formula is C10H11N3O2. The minimum Gasteiger partial charge on any atom is -0.351 e. The van der Waals surface area contributed by atoms with E-state index in [9.17, 15) is 9.59 Å². The second-order valence-corrected chi connectivity index (χ2v) is 3.46. The zero-order chi connectivity index (χ0) is 11.2. The molecule has 0 fully saturated rings. The summed E-state index contributed by atoms with van der Waals surface area (Å²) in [6.45, 7) is 1.83. The molecule has 15 heavy (non-hydrogen) atoms. The average Bonchev–Trinajstić information content (AvgIpc) is 2.43. The van der Waals surface area contributed by atoms with Crippen molar-refractivity contribution in [1.29, 1.82) is 0 Å². The Balaban J connectivity index is 3.09. The van der Waals surface area contributed by atoms with E-state index in [1.807, 2.05) is 19.1 Å². The molecule has 2 rings (SSSR count). The Bertz CT molecular complexity index is 607. The highest BCUT2D eigenvalue weighted by Gasteiger charge is 2.15. The molecular weight excluding hydrogens is 194 g/mol. The van der Waals surface area contributed by atoms with E-state index < -0.39 is 11.7 Å². The van der Waals surface area contributed by atoms with Crippen LogP contribution in [0.25, 0.3) is 11.0 Å². The minimum absolute atomic E-state index is 0.410. The summed E-state index contributed by atoms with van der Waals surface area (Å²) in [6.07, 6.45) is 0. The molecule has 2 N–H and O–H groups in total. The molecule has 1 amide bonds. The van der Waals surface area contributed by atoms with Crippen LogP contribution in [-0.2, 0) is 7.05 Å². The number of fused-ring (bicyclic) bond motifs is 1. The standard InChI is InChI=1S/C10H11N3O2/c1-6-4-3-5-7-8(6)13(9(11)14)10(15)12(7)2/h3-5H,1-2H3,(H2,11,14). The lowest BCUT2D eigenvalue weighted by Gasteiger charge is -1.99. The largest absolute Gasteiger partial charge is 0.351 e. The Morgan fingerprint density at radius 2 is 2.07 bits per heavy atom. The third-order valence-electron chi connectivity index (χ3n) is 2.50. The summed E-state index contributed by atoms with van der Waals surface area (Å²) in [5, 5.41) is 0. The first kappa shape index (κ1) is 9.51. The first-order valence-corrected chi connectivity index (χ1v) is 4.51. The van der Waals surface area contributed by atoms with Crippen LogP contribution in [0.2, 0.25) is 0 Å². The quantitative estimate of drug-likeness (QED) is 0.683. The molecule has 1 heterocycles. The van der Waals surface area contributed by atoms with Gasteiger partial charge < -0.3 is 5.73 Å². The van der Waals surface area contributed by atoms with Gasteiger partial charge in [0.05, 0.1) is 11.0 Å². The number of benzene rings is 1. The lowest BCUT2D eigenvalue weighted by Crippen LogP contribution is -2.32. The maximum absolute atomic E-state index is 11.7.